The zero-order valence-corrected chi connectivity index (χ0v) is 11.5. The molecule has 0 saturated carbocycles. The molecule has 2 aromatic rings. The second-order valence-electron chi connectivity index (χ2n) is 3.71. The molecule has 0 bridgehead atoms. The van der Waals surface area contributed by atoms with E-state index in [1.807, 2.05) is 31.2 Å². The van der Waals surface area contributed by atoms with Gasteiger partial charge >= 0.3 is 0 Å². The Labute approximate surface area is 113 Å². The van der Waals surface area contributed by atoms with Gasteiger partial charge in [0.1, 0.15) is 11.8 Å². The number of furan rings is 1. The number of hydrazine groups is 1. The highest BCUT2D eigenvalue weighted by molar-refractivity contribution is 9.10. The van der Waals surface area contributed by atoms with Gasteiger partial charge < -0.3 is 4.42 Å². The number of aryl methyl sites for hydroxylation is 1. The van der Waals surface area contributed by atoms with Crippen molar-refractivity contribution in [2.45, 2.75) is 13.0 Å². The van der Waals surface area contributed by atoms with Crippen LogP contribution in [0.4, 0.5) is 0 Å². The normalized spacial score (nSPS) is 12.7. The third-order valence-corrected chi connectivity index (χ3v) is 3.78. The Bertz CT molecular complexity index is 527. The minimum atomic E-state index is -0.272. The van der Waals surface area contributed by atoms with Crippen molar-refractivity contribution >= 4 is 27.5 Å². The molecule has 5 heteroatoms. The minimum absolute atomic E-state index is 0.272. The Morgan fingerprint density at radius 2 is 2.18 bits per heavy atom. The summed E-state index contributed by atoms with van der Waals surface area (Å²) >= 11 is 9.70. The van der Waals surface area contributed by atoms with Crippen molar-refractivity contribution in [2.75, 3.05) is 0 Å². The quantitative estimate of drug-likeness (QED) is 0.672. The monoisotopic (exact) mass is 314 g/mol. The van der Waals surface area contributed by atoms with Gasteiger partial charge in [-0.2, -0.15) is 0 Å². The molecule has 2 rings (SSSR count). The molecule has 1 heterocycles. The molecule has 3 nitrogen and oxygen atoms in total. The van der Waals surface area contributed by atoms with E-state index in [0.29, 0.717) is 10.8 Å². The van der Waals surface area contributed by atoms with Crippen molar-refractivity contribution in [1.29, 1.82) is 0 Å². The van der Waals surface area contributed by atoms with Crippen LogP contribution in [-0.2, 0) is 0 Å². The van der Waals surface area contributed by atoms with E-state index in [4.69, 9.17) is 21.9 Å². The van der Waals surface area contributed by atoms with Gasteiger partial charge in [0.15, 0.2) is 0 Å². The maximum Gasteiger partial charge on any atom is 0.140 e. The van der Waals surface area contributed by atoms with Crippen LogP contribution in [0.5, 0.6) is 0 Å². The molecule has 0 spiro atoms. The van der Waals surface area contributed by atoms with Crippen molar-refractivity contribution < 1.29 is 4.42 Å². The average Bonchev–Trinajstić information content (AvgIpc) is 2.72. The van der Waals surface area contributed by atoms with E-state index >= 15 is 0 Å². The topological polar surface area (TPSA) is 51.2 Å². The third-order valence-electron chi connectivity index (χ3n) is 2.61. The molecule has 90 valence electrons. The lowest BCUT2D eigenvalue weighted by molar-refractivity contribution is 0.450. The van der Waals surface area contributed by atoms with Crippen LogP contribution in [-0.4, -0.2) is 0 Å². The number of hydrogen-bond acceptors (Lipinski definition) is 3. The van der Waals surface area contributed by atoms with Gasteiger partial charge in [0.2, 0.25) is 0 Å². The van der Waals surface area contributed by atoms with E-state index in [-0.39, 0.29) is 6.04 Å². The van der Waals surface area contributed by atoms with Gasteiger partial charge in [0.25, 0.3) is 0 Å². The second-order valence-corrected chi connectivity index (χ2v) is 4.94. The smallest absolute Gasteiger partial charge is 0.140 e. The van der Waals surface area contributed by atoms with E-state index in [0.717, 1.165) is 15.6 Å². The van der Waals surface area contributed by atoms with Crippen LogP contribution in [0.3, 0.4) is 0 Å². The molecule has 1 aromatic carbocycles. The fourth-order valence-electron chi connectivity index (χ4n) is 1.71. The Morgan fingerprint density at radius 3 is 2.76 bits per heavy atom. The standard InChI is InChI=1S/C12H12BrClN2O/c1-7-3-2-4-8(10(7)14)11(16-15)12-9(13)5-6-17-12/h2-6,11,16H,15H2,1H3. The summed E-state index contributed by atoms with van der Waals surface area (Å²) in [5.74, 6) is 6.30. The zero-order chi connectivity index (χ0) is 12.4. The van der Waals surface area contributed by atoms with Crippen LogP contribution in [0.2, 0.25) is 5.02 Å². The Hall–Kier alpha value is -0.810. The van der Waals surface area contributed by atoms with Gasteiger partial charge in [-0.1, -0.05) is 29.8 Å². The predicted octanol–water partition coefficient (Wildman–Crippen LogP) is 3.56. The first-order valence-corrected chi connectivity index (χ1v) is 6.26. The van der Waals surface area contributed by atoms with Gasteiger partial charge in [-0.15, -0.1) is 0 Å². The molecule has 0 fully saturated rings. The number of hydrogen-bond donors (Lipinski definition) is 2. The maximum atomic E-state index is 6.28. The van der Waals surface area contributed by atoms with Gasteiger partial charge in [-0.3, -0.25) is 5.84 Å². The lowest BCUT2D eigenvalue weighted by Gasteiger charge is -2.17. The van der Waals surface area contributed by atoms with Crippen LogP contribution in [0, 0.1) is 6.92 Å². The number of rotatable bonds is 3. The van der Waals surface area contributed by atoms with Crippen LogP contribution >= 0.6 is 27.5 Å². The molecule has 0 aliphatic rings. The summed E-state index contributed by atoms with van der Waals surface area (Å²) < 4.78 is 6.28. The van der Waals surface area contributed by atoms with E-state index in [9.17, 15) is 0 Å². The summed E-state index contributed by atoms with van der Waals surface area (Å²) in [6.07, 6.45) is 1.60. The summed E-state index contributed by atoms with van der Waals surface area (Å²) in [4.78, 5) is 0. The third kappa shape index (κ3) is 2.40. The number of nitrogens with two attached hydrogens (primary N) is 1. The van der Waals surface area contributed by atoms with Crippen molar-refractivity contribution in [3.05, 3.63) is 56.9 Å². The summed E-state index contributed by atoms with van der Waals surface area (Å²) in [6.45, 7) is 1.95. The molecule has 1 atom stereocenters. The Morgan fingerprint density at radius 1 is 1.41 bits per heavy atom. The minimum Gasteiger partial charge on any atom is -0.466 e. The largest absolute Gasteiger partial charge is 0.466 e. The van der Waals surface area contributed by atoms with Crippen molar-refractivity contribution in [3.63, 3.8) is 0 Å². The summed E-state index contributed by atoms with van der Waals surface area (Å²) in [5.41, 5.74) is 4.62. The van der Waals surface area contributed by atoms with Crippen molar-refractivity contribution in [2.24, 2.45) is 5.84 Å². The summed E-state index contributed by atoms with van der Waals surface area (Å²) in [6, 6.07) is 7.37. The van der Waals surface area contributed by atoms with E-state index in [1.54, 1.807) is 6.26 Å². The molecule has 0 saturated heterocycles. The Balaban J connectivity index is 2.50. The fourth-order valence-corrected chi connectivity index (χ4v) is 2.38. The molecule has 0 amide bonds. The second kappa shape index (κ2) is 5.23. The predicted molar refractivity (Wildman–Crippen MR) is 71.8 cm³/mol. The number of nitrogens with one attached hydrogen (secondary N) is 1. The number of halogens is 2. The van der Waals surface area contributed by atoms with E-state index in [2.05, 4.69) is 21.4 Å². The van der Waals surface area contributed by atoms with E-state index in [1.165, 1.54) is 0 Å². The molecular formula is C12H12BrClN2O. The first-order valence-electron chi connectivity index (χ1n) is 5.09. The van der Waals surface area contributed by atoms with E-state index < -0.39 is 0 Å². The summed E-state index contributed by atoms with van der Waals surface area (Å²) in [7, 11) is 0. The first kappa shape index (κ1) is 12.6. The molecule has 1 aromatic heterocycles. The van der Waals surface area contributed by atoms with Gasteiger partial charge in [0.05, 0.1) is 10.7 Å². The molecule has 0 radical (unpaired) electrons. The van der Waals surface area contributed by atoms with Crippen molar-refractivity contribution in [3.8, 4) is 0 Å². The number of benzene rings is 1. The lowest BCUT2D eigenvalue weighted by Crippen LogP contribution is -2.29. The zero-order valence-electron chi connectivity index (χ0n) is 9.21. The maximum absolute atomic E-state index is 6.28. The lowest BCUT2D eigenvalue weighted by atomic mass is 10.0. The highest BCUT2D eigenvalue weighted by Gasteiger charge is 2.21. The summed E-state index contributed by atoms with van der Waals surface area (Å²) in [5, 5.41) is 0.693. The molecule has 3 N–H and O–H groups in total. The van der Waals surface area contributed by atoms with Crippen LogP contribution in [0.1, 0.15) is 22.9 Å². The van der Waals surface area contributed by atoms with Crippen LogP contribution < -0.4 is 11.3 Å². The van der Waals surface area contributed by atoms with Crippen LogP contribution in [0.15, 0.2) is 39.4 Å². The molecule has 0 aliphatic heterocycles. The van der Waals surface area contributed by atoms with Gasteiger partial charge in [-0.25, -0.2) is 5.43 Å². The highest BCUT2D eigenvalue weighted by Crippen LogP contribution is 2.33. The SMILES string of the molecule is Cc1cccc(C(NN)c2occc2Br)c1Cl. The highest BCUT2D eigenvalue weighted by atomic mass is 79.9. The fraction of sp³-hybridized carbons (Fsp3) is 0.167. The average molecular weight is 316 g/mol. The molecule has 0 aliphatic carbocycles. The molecule has 17 heavy (non-hydrogen) atoms. The molecular weight excluding hydrogens is 304 g/mol. The Kier molecular flexibility index (Phi) is 3.89. The molecule has 1 unspecified atom stereocenters. The first-order chi connectivity index (χ1) is 8.15. The van der Waals surface area contributed by atoms with Crippen LogP contribution in [0.25, 0.3) is 0 Å². The van der Waals surface area contributed by atoms with Gasteiger partial charge in [0, 0.05) is 5.02 Å². The van der Waals surface area contributed by atoms with Gasteiger partial charge in [-0.05, 0) is 40.0 Å². The van der Waals surface area contributed by atoms with Crippen molar-refractivity contribution in [1.82, 2.24) is 5.43 Å².